The van der Waals surface area contributed by atoms with Crippen molar-refractivity contribution in [1.82, 2.24) is 5.32 Å². The third-order valence-electron chi connectivity index (χ3n) is 3.32. The van der Waals surface area contributed by atoms with E-state index in [0.717, 1.165) is 17.9 Å². The molecule has 0 aliphatic heterocycles. The largest absolute Gasteiger partial charge is 0.308 e. The van der Waals surface area contributed by atoms with Crippen LogP contribution in [-0.4, -0.2) is 11.0 Å². The van der Waals surface area contributed by atoms with Gasteiger partial charge in [-0.3, -0.25) is 10.1 Å². The topological polar surface area (TPSA) is 55.2 Å². The van der Waals surface area contributed by atoms with E-state index in [0.29, 0.717) is 6.04 Å². The smallest absolute Gasteiger partial charge is 0.269 e. The number of benzene rings is 1. The zero-order chi connectivity index (χ0) is 14.4. The van der Waals surface area contributed by atoms with Crippen LogP contribution in [0.3, 0.4) is 0 Å². The third-order valence-corrected chi connectivity index (χ3v) is 3.32. The van der Waals surface area contributed by atoms with Gasteiger partial charge in [0, 0.05) is 24.2 Å². The molecule has 106 valence electrons. The summed E-state index contributed by atoms with van der Waals surface area (Å²) < 4.78 is 0. The fourth-order valence-corrected chi connectivity index (χ4v) is 2.07. The molecule has 0 amide bonds. The van der Waals surface area contributed by atoms with Crippen LogP contribution in [0, 0.1) is 16.0 Å². The highest BCUT2D eigenvalue weighted by Crippen LogP contribution is 2.18. The van der Waals surface area contributed by atoms with Crippen LogP contribution in [0.15, 0.2) is 24.3 Å². The summed E-state index contributed by atoms with van der Waals surface area (Å²) in [4.78, 5) is 10.2. The van der Waals surface area contributed by atoms with Crippen molar-refractivity contribution in [1.29, 1.82) is 0 Å². The predicted molar refractivity (Wildman–Crippen MR) is 78.2 cm³/mol. The first kappa shape index (κ1) is 15.6. The van der Waals surface area contributed by atoms with Crippen molar-refractivity contribution in [3.8, 4) is 0 Å². The number of nitro benzene ring substituents is 1. The van der Waals surface area contributed by atoms with Gasteiger partial charge in [-0.2, -0.15) is 0 Å². The maximum atomic E-state index is 10.6. The number of hydrogen-bond acceptors (Lipinski definition) is 3. The standard InChI is InChI=1S/C15H24N2O2/c1-11(2)5-6-12(3)16-13(4)14-7-9-15(10-8-14)17(18)19/h7-13,16H,5-6H2,1-4H3. The van der Waals surface area contributed by atoms with Gasteiger partial charge in [0.1, 0.15) is 0 Å². The van der Waals surface area contributed by atoms with Gasteiger partial charge in [0.25, 0.3) is 5.69 Å². The fourth-order valence-electron chi connectivity index (χ4n) is 2.07. The Morgan fingerprint density at radius 2 is 1.68 bits per heavy atom. The highest BCUT2D eigenvalue weighted by atomic mass is 16.6. The minimum absolute atomic E-state index is 0.142. The van der Waals surface area contributed by atoms with E-state index in [1.807, 2.05) is 12.1 Å². The second-order valence-corrected chi connectivity index (χ2v) is 5.61. The average Bonchev–Trinajstić information content (AvgIpc) is 2.36. The van der Waals surface area contributed by atoms with E-state index < -0.39 is 0 Å². The van der Waals surface area contributed by atoms with Crippen LogP contribution in [0.5, 0.6) is 0 Å². The SMILES string of the molecule is CC(C)CCC(C)NC(C)c1ccc([N+](=O)[O-])cc1. The molecule has 0 saturated heterocycles. The first-order chi connectivity index (χ1) is 8.90. The molecule has 0 heterocycles. The van der Waals surface area contributed by atoms with Crippen molar-refractivity contribution in [2.75, 3.05) is 0 Å². The van der Waals surface area contributed by atoms with Gasteiger partial charge in [0.2, 0.25) is 0 Å². The van der Waals surface area contributed by atoms with Gasteiger partial charge < -0.3 is 5.32 Å². The number of nitrogens with zero attached hydrogens (tertiary/aromatic N) is 1. The van der Waals surface area contributed by atoms with Crippen LogP contribution in [0.25, 0.3) is 0 Å². The lowest BCUT2D eigenvalue weighted by Crippen LogP contribution is -2.29. The van der Waals surface area contributed by atoms with Crippen molar-refractivity contribution in [2.24, 2.45) is 5.92 Å². The minimum atomic E-state index is -0.368. The molecule has 4 heteroatoms. The van der Waals surface area contributed by atoms with E-state index in [2.05, 4.69) is 33.0 Å². The lowest BCUT2D eigenvalue weighted by molar-refractivity contribution is -0.384. The molecule has 0 bridgehead atoms. The molecule has 0 aliphatic rings. The van der Waals surface area contributed by atoms with Crippen molar-refractivity contribution < 1.29 is 4.92 Å². The van der Waals surface area contributed by atoms with Crippen LogP contribution in [0.4, 0.5) is 5.69 Å². The molecule has 0 aromatic heterocycles. The lowest BCUT2D eigenvalue weighted by atomic mass is 10.0. The summed E-state index contributed by atoms with van der Waals surface area (Å²) in [5.74, 6) is 0.721. The molecule has 2 unspecified atom stereocenters. The normalized spacial score (nSPS) is 14.4. The molecule has 1 N–H and O–H groups in total. The zero-order valence-corrected chi connectivity index (χ0v) is 12.2. The molecular weight excluding hydrogens is 240 g/mol. The summed E-state index contributed by atoms with van der Waals surface area (Å²) in [6, 6.07) is 7.43. The van der Waals surface area contributed by atoms with Crippen molar-refractivity contribution in [2.45, 2.75) is 52.6 Å². The van der Waals surface area contributed by atoms with Gasteiger partial charge in [-0.05, 0) is 38.2 Å². The van der Waals surface area contributed by atoms with Crippen LogP contribution in [0.1, 0.15) is 52.1 Å². The summed E-state index contributed by atoms with van der Waals surface area (Å²) >= 11 is 0. The van der Waals surface area contributed by atoms with E-state index in [1.165, 1.54) is 6.42 Å². The fraction of sp³-hybridized carbons (Fsp3) is 0.600. The number of non-ortho nitro benzene ring substituents is 1. The monoisotopic (exact) mass is 264 g/mol. The summed E-state index contributed by atoms with van der Waals surface area (Å²) in [6.45, 7) is 8.73. The first-order valence-electron chi connectivity index (χ1n) is 6.90. The van der Waals surface area contributed by atoms with Gasteiger partial charge in [-0.25, -0.2) is 0 Å². The maximum absolute atomic E-state index is 10.6. The van der Waals surface area contributed by atoms with Crippen molar-refractivity contribution >= 4 is 5.69 Å². The Balaban J connectivity index is 2.52. The number of nitro groups is 1. The van der Waals surface area contributed by atoms with E-state index >= 15 is 0 Å². The molecular formula is C15H24N2O2. The van der Waals surface area contributed by atoms with E-state index in [4.69, 9.17) is 0 Å². The van der Waals surface area contributed by atoms with E-state index in [-0.39, 0.29) is 16.7 Å². The number of nitrogens with one attached hydrogen (secondary N) is 1. The molecule has 2 atom stereocenters. The van der Waals surface area contributed by atoms with Gasteiger partial charge in [0.15, 0.2) is 0 Å². The molecule has 1 aromatic carbocycles. The summed E-state index contributed by atoms with van der Waals surface area (Å²) in [6.07, 6.45) is 2.36. The zero-order valence-electron chi connectivity index (χ0n) is 12.2. The molecule has 0 saturated carbocycles. The Hall–Kier alpha value is -1.42. The molecule has 1 aromatic rings. The quantitative estimate of drug-likeness (QED) is 0.596. The average molecular weight is 264 g/mol. The molecule has 1 rings (SSSR count). The molecule has 0 radical (unpaired) electrons. The lowest BCUT2D eigenvalue weighted by Gasteiger charge is -2.21. The molecule has 0 fully saturated rings. The Morgan fingerprint density at radius 3 is 2.16 bits per heavy atom. The second-order valence-electron chi connectivity index (χ2n) is 5.61. The number of rotatable bonds is 7. The predicted octanol–water partition coefficient (Wildman–Crippen LogP) is 4.07. The minimum Gasteiger partial charge on any atom is -0.308 e. The van der Waals surface area contributed by atoms with Gasteiger partial charge >= 0.3 is 0 Å². The van der Waals surface area contributed by atoms with Gasteiger partial charge in [-0.15, -0.1) is 0 Å². The molecule has 4 nitrogen and oxygen atoms in total. The highest BCUT2D eigenvalue weighted by molar-refractivity contribution is 5.34. The third kappa shape index (κ3) is 5.39. The highest BCUT2D eigenvalue weighted by Gasteiger charge is 2.11. The Morgan fingerprint density at radius 1 is 1.11 bits per heavy atom. The molecule has 19 heavy (non-hydrogen) atoms. The van der Waals surface area contributed by atoms with Crippen LogP contribution >= 0.6 is 0 Å². The van der Waals surface area contributed by atoms with Crippen LogP contribution < -0.4 is 5.32 Å². The molecule has 0 aliphatic carbocycles. The summed E-state index contributed by atoms with van der Waals surface area (Å²) in [5, 5.41) is 14.1. The van der Waals surface area contributed by atoms with Gasteiger partial charge in [0.05, 0.1) is 4.92 Å². The second kappa shape index (κ2) is 7.24. The van der Waals surface area contributed by atoms with Gasteiger partial charge in [-0.1, -0.05) is 26.0 Å². The van der Waals surface area contributed by atoms with Crippen molar-refractivity contribution in [3.63, 3.8) is 0 Å². The Labute approximate surface area is 115 Å². The van der Waals surface area contributed by atoms with Crippen molar-refractivity contribution in [3.05, 3.63) is 39.9 Å². The van der Waals surface area contributed by atoms with Crippen LogP contribution in [0.2, 0.25) is 0 Å². The Kier molecular flexibility index (Phi) is 5.96. The maximum Gasteiger partial charge on any atom is 0.269 e. The summed E-state index contributed by atoms with van der Waals surface area (Å²) in [7, 11) is 0. The van der Waals surface area contributed by atoms with Crippen LogP contribution in [-0.2, 0) is 0 Å². The number of hydrogen-bond donors (Lipinski definition) is 1. The van der Waals surface area contributed by atoms with E-state index in [1.54, 1.807) is 12.1 Å². The first-order valence-corrected chi connectivity index (χ1v) is 6.90. The Bertz CT molecular complexity index is 401. The molecule has 0 spiro atoms. The van der Waals surface area contributed by atoms with E-state index in [9.17, 15) is 10.1 Å². The summed E-state index contributed by atoms with van der Waals surface area (Å²) in [5.41, 5.74) is 1.23.